The van der Waals surface area contributed by atoms with Gasteiger partial charge in [0.1, 0.15) is 0 Å². The van der Waals surface area contributed by atoms with E-state index in [2.05, 4.69) is 5.32 Å². The third-order valence-corrected chi connectivity index (χ3v) is 1.28. The summed E-state index contributed by atoms with van der Waals surface area (Å²) in [6, 6.07) is 0. The fourth-order valence-corrected chi connectivity index (χ4v) is 0.826. The molecule has 3 heteroatoms. The highest BCUT2D eigenvalue weighted by atomic mass is 35.5. The second-order valence-corrected chi connectivity index (χ2v) is 2.07. The van der Waals surface area contributed by atoms with Crippen molar-refractivity contribution in [3.05, 3.63) is 0 Å². The van der Waals surface area contributed by atoms with Gasteiger partial charge < -0.3 is 10.1 Å². The summed E-state index contributed by atoms with van der Waals surface area (Å²) in [6.07, 6.45) is 2.33. The molecule has 0 spiro atoms. The molecule has 2 nitrogen and oxygen atoms in total. The lowest BCUT2D eigenvalue weighted by Crippen LogP contribution is -2.22. The van der Waals surface area contributed by atoms with Gasteiger partial charge in [0, 0.05) is 13.2 Å². The molecule has 0 bridgehead atoms. The van der Waals surface area contributed by atoms with E-state index >= 15 is 0 Å². The molecule has 11 heavy (non-hydrogen) atoms. The summed E-state index contributed by atoms with van der Waals surface area (Å²) in [7, 11) is 0. The zero-order valence-electron chi connectivity index (χ0n) is 5.56. The molecule has 0 amide bonds. The van der Waals surface area contributed by atoms with Crippen molar-refractivity contribution in [3.63, 3.8) is 0 Å². The van der Waals surface area contributed by atoms with Gasteiger partial charge in [0.05, 0.1) is 0 Å². The maximum Gasteiger partial charge on any atom is 0.0478 e. The van der Waals surface area contributed by atoms with Gasteiger partial charge in [-0.25, -0.2) is 0 Å². The van der Waals surface area contributed by atoms with Crippen molar-refractivity contribution in [1.29, 1.82) is 0 Å². The molecule has 1 aliphatic rings. The average Bonchev–Trinajstić information content (AvgIpc) is 1.62. The van der Waals surface area contributed by atoms with Gasteiger partial charge in [-0.05, 0) is 25.9 Å². The van der Waals surface area contributed by atoms with E-state index in [9.17, 15) is 0 Å². The highest BCUT2D eigenvalue weighted by Crippen LogP contribution is 1.88. The molecule has 0 saturated carbocycles. The van der Waals surface area contributed by atoms with Crippen LogP contribution in [-0.2, 0) is 4.74 Å². The van der Waals surface area contributed by atoms with Gasteiger partial charge >= 0.3 is 0 Å². The fourth-order valence-electron chi connectivity index (χ4n) is 0.826. The Labute approximate surface area is 77.1 Å². The Morgan fingerprint density at radius 1 is 0.909 bits per heavy atom. The summed E-state index contributed by atoms with van der Waals surface area (Å²) in [6.45, 7) is 4.12. The van der Waals surface area contributed by atoms with Gasteiger partial charge in [0.15, 0.2) is 0 Å². The highest BCUT2D eigenvalue weighted by Gasteiger charge is 1.93. The van der Waals surface area contributed by atoms with Crippen LogP contribution in [0.3, 0.4) is 0 Å². The number of hydrogen-bond donors (Lipinski definition) is 1. The van der Waals surface area contributed by atoms with Crippen molar-refractivity contribution in [2.75, 3.05) is 26.3 Å². The van der Waals surface area contributed by atoms with Crippen LogP contribution in [-0.4, -0.2) is 26.3 Å². The minimum atomic E-state index is 0. The molecule has 0 aromatic carbocycles. The fraction of sp³-hybridized carbons (Fsp3) is 1.00. The third-order valence-electron chi connectivity index (χ3n) is 1.28. The lowest BCUT2D eigenvalue weighted by atomic mass is 10.4. The Kier molecular flexibility index (Phi) is 20.3. The average molecular weight is 184 g/mol. The van der Waals surface area contributed by atoms with E-state index in [4.69, 9.17) is 4.74 Å². The predicted octanol–water partition coefficient (Wildman–Crippen LogP) is 2.08. The van der Waals surface area contributed by atoms with E-state index in [1.54, 1.807) is 0 Å². The van der Waals surface area contributed by atoms with Crippen LogP contribution < -0.4 is 5.32 Å². The Hall–Kier alpha value is 0.210. The van der Waals surface area contributed by atoms with E-state index in [0.29, 0.717) is 0 Å². The molecule has 1 saturated heterocycles. The normalized spacial score (nSPS) is 17.5. The highest BCUT2D eigenvalue weighted by molar-refractivity contribution is 5.85. The lowest BCUT2D eigenvalue weighted by Gasteiger charge is -2.09. The van der Waals surface area contributed by atoms with Gasteiger partial charge in [-0.1, -0.05) is 14.9 Å². The molecule has 1 N–H and O–H groups in total. The SMILES string of the molecule is C.C.C1CNCCCOC1.Cl. The van der Waals surface area contributed by atoms with Gasteiger partial charge in [-0.3, -0.25) is 0 Å². The maximum atomic E-state index is 5.23. The molecule has 0 atom stereocenters. The van der Waals surface area contributed by atoms with Gasteiger partial charge in [0.25, 0.3) is 0 Å². The second-order valence-electron chi connectivity index (χ2n) is 2.07. The summed E-state index contributed by atoms with van der Waals surface area (Å²) in [5, 5.41) is 3.31. The largest absolute Gasteiger partial charge is 0.381 e. The summed E-state index contributed by atoms with van der Waals surface area (Å²) >= 11 is 0. The van der Waals surface area contributed by atoms with Crippen LogP contribution in [0.4, 0.5) is 0 Å². The first kappa shape index (κ1) is 17.3. The Morgan fingerprint density at radius 2 is 1.36 bits per heavy atom. The molecule has 1 fully saturated rings. The van der Waals surface area contributed by atoms with E-state index in [-0.39, 0.29) is 27.3 Å². The molecule has 0 unspecified atom stereocenters. The standard InChI is InChI=1S/C6H13NO.2CH4.ClH/c1-3-7-4-2-6-8-5-1;;;/h7H,1-6H2;2*1H4;1H. The van der Waals surface area contributed by atoms with E-state index in [1.807, 2.05) is 0 Å². The van der Waals surface area contributed by atoms with Crippen molar-refractivity contribution >= 4 is 12.4 Å². The Balaban J connectivity index is -0.000000213. The van der Waals surface area contributed by atoms with E-state index in [1.165, 1.54) is 12.8 Å². The molecule has 1 aliphatic heterocycles. The summed E-state index contributed by atoms with van der Waals surface area (Å²) < 4.78 is 5.23. The van der Waals surface area contributed by atoms with Gasteiger partial charge in [-0.15, -0.1) is 12.4 Å². The molecule has 0 aromatic heterocycles. The topological polar surface area (TPSA) is 21.3 Å². The second kappa shape index (κ2) is 12.8. The smallest absolute Gasteiger partial charge is 0.0478 e. The molecular formula is C8H22ClNO. The van der Waals surface area contributed by atoms with Crippen LogP contribution in [0.1, 0.15) is 27.7 Å². The zero-order chi connectivity index (χ0) is 5.66. The van der Waals surface area contributed by atoms with Gasteiger partial charge in [0.2, 0.25) is 0 Å². The van der Waals surface area contributed by atoms with E-state index < -0.39 is 0 Å². The van der Waals surface area contributed by atoms with Crippen LogP contribution in [0, 0.1) is 0 Å². The Bertz CT molecular complexity index is 38.1. The van der Waals surface area contributed by atoms with Crippen LogP contribution in [0.25, 0.3) is 0 Å². The van der Waals surface area contributed by atoms with Crippen molar-refractivity contribution in [2.45, 2.75) is 27.7 Å². The number of hydrogen-bond acceptors (Lipinski definition) is 2. The minimum Gasteiger partial charge on any atom is -0.381 e. The molecule has 72 valence electrons. The zero-order valence-corrected chi connectivity index (χ0v) is 6.38. The molecule has 0 aromatic rings. The molecular weight excluding hydrogens is 162 g/mol. The third kappa shape index (κ3) is 10.2. The minimum absolute atomic E-state index is 0. The summed E-state index contributed by atoms with van der Waals surface area (Å²) in [5.74, 6) is 0. The first-order valence-electron chi connectivity index (χ1n) is 3.28. The first-order valence-corrected chi connectivity index (χ1v) is 3.28. The van der Waals surface area contributed by atoms with Crippen LogP contribution >= 0.6 is 12.4 Å². The van der Waals surface area contributed by atoms with Gasteiger partial charge in [-0.2, -0.15) is 0 Å². The number of ether oxygens (including phenoxy) is 1. The summed E-state index contributed by atoms with van der Waals surface area (Å²) in [5.41, 5.74) is 0. The Morgan fingerprint density at radius 3 is 1.82 bits per heavy atom. The van der Waals surface area contributed by atoms with Crippen molar-refractivity contribution < 1.29 is 4.74 Å². The van der Waals surface area contributed by atoms with Crippen LogP contribution in [0.2, 0.25) is 0 Å². The lowest BCUT2D eigenvalue weighted by molar-refractivity contribution is 0.120. The number of rotatable bonds is 0. The summed E-state index contributed by atoms with van der Waals surface area (Å²) in [4.78, 5) is 0. The van der Waals surface area contributed by atoms with Crippen molar-refractivity contribution in [2.24, 2.45) is 0 Å². The van der Waals surface area contributed by atoms with Crippen LogP contribution in [0.15, 0.2) is 0 Å². The van der Waals surface area contributed by atoms with Crippen LogP contribution in [0.5, 0.6) is 0 Å². The molecule has 1 heterocycles. The molecule has 0 radical (unpaired) electrons. The van der Waals surface area contributed by atoms with E-state index in [0.717, 1.165) is 26.3 Å². The predicted molar refractivity (Wildman–Crippen MR) is 53.6 cm³/mol. The van der Waals surface area contributed by atoms with Crippen molar-refractivity contribution in [3.8, 4) is 0 Å². The quantitative estimate of drug-likeness (QED) is 0.621. The number of halogens is 1. The number of nitrogens with one attached hydrogen (secondary N) is 1. The monoisotopic (exact) mass is 183 g/mol. The van der Waals surface area contributed by atoms with Crippen molar-refractivity contribution in [1.82, 2.24) is 5.32 Å². The first-order chi connectivity index (χ1) is 4.00. The molecule has 0 aliphatic carbocycles. The molecule has 1 rings (SSSR count). The maximum absolute atomic E-state index is 5.23.